The van der Waals surface area contributed by atoms with Crippen molar-refractivity contribution in [2.24, 2.45) is 5.73 Å². The Balaban J connectivity index is 2.49. The Hall–Kier alpha value is -2.12. The second-order valence-electron chi connectivity index (χ2n) is 4.44. The molecule has 1 aromatic rings. The van der Waals surface area contributed by atoms with Crippen LogP contribution in [0, 0.1) is 0 Å². The average Bonchev–Trinajstić information content (AvgIpc) is 2.46. The van der Waals surface area contributed by atoms with Gasteiger partial charge in [-0.15, -0.1) is 0 Å². The van der Waals surface area contributed by atoms with E-state index in [0.717, 1.165) is 0 Å². The third kappa shape index (κ3) is 3.32. The summed E-state index contributed by atoms with van der Waals surface area (Å²) >= 11 is 5.14. The molecule has 7 heteroatoms. The summed E-state index contributed by atoms with van der Waals surface area (Å²) in [5, 5.41) is 15.9. The van der Waals surface area contributed by atoms with Crippen LogP contribution in [-0.4, -0.2) is 29.3 Å². The summed E-state index contributed by atoms with van der Waals surface area (Å²) < 4.78 is 5.09. The van der Waals surface area contributed by atoms with Gasteiger partial charge in [-0.3, -0.25) is 0 Å². The molecule has 1 heterocycles. The van der Waals surface area contributed by atoms with Gasteiger partial charge in [-0.2, -0.15) is 0 Å². The van der Waals surface area contributed by atoms with Gasteiger partial charge in [-0.05, 0) is 36.8 Å². The van der Waals surface area contributed by atoms with Crippen molar-refractivity contribution < 1.29 is 14.6 Å². The summed E-state index contributed by atoms with van der Waals surface area (Å²) in [6, 6.07) is 6.10. The Bertz CT molecular complexity index is 601. The standard InChI is InChI=1S/C14H17N3O3S/c1-2-20-13(19)11-10(7-15)16-14(21)17-12(11)8-4-3-5-9(18)6-8/h3-6,12,18H,2,7,15H2,1H3,(H2,16,17,21). The van der Waals surface area contributed by atoms with Crippen LogP contribution < -0.4 is 16.4 Å². The Morgan fingerprint density at radius 3 is 2.90 bits per heavy atom. The van der Waals surface area contributed by atoms with Gasteiger partial charge in [0.2, 0.25) is 0 Å². The zero-order valence-electron chi connectivity index (χ0n) is 11.6. The van der Waals surface area contributed by atoms with Crippen molar-refractivity contribution in [3.05, 3.63) is 41.1 Å². The number of hydrogen-bond acceptors (Lipinski definition) is 5. The molecule has 1 unspecified atom stereocenters. The van der Waals surface area contributed by atoms with E-state index in [1.807, 2.05) is 0 Å². The third-order valence-corrected chi connectivity index (χ3v) is 3.28. The lowest BCUT2D eigenvalue weighted by Crippen LogP contribution is -2.47. The largest absolute Gasteiger partial charge is 0.508 e. The second-order valence-corrected chi connectivity index (χ2v) is 4.85. The average molecular weight is 307 g/mol. The van der Waals surface area contributed by atoms with E-state index in [0.29, 0.717) is 21.9 Å². The van der Waals surface area contributed by atoms with E-state index >= 15 is 0 Å². The van der Waals surface area contributed by atoms with E-state index in [1.54, 1.807) is 31.2 Å². The first-order valence-electron chi connectivity index (χ1n) is 6.53. The molecular weight excluding hydrogens is 290 g/mol. The third-order valence-electron chi connectivity index (χ3n) is 3.06. The number of ether oxygens (including phenoxy) is 1. The number of carbonyl (C=O) groups excluding carboxylic acids is 1. The topological polar surface area (TPSA) is 96.6 Å². The highest BCUT2D eigenvalue weighted by Gasteiger charge is 2.31. The number of phenolic OH excluding ortho intramolecular Hbond substituents is 1. The highest BCUT2D eigenvalue weighted by molar-refractivity contribution is 7.80. The zero-order chi connectivity index (χ0) is 15.4. The molecule has 0 saturated heterocycles. The molecule has 6 nitrogen and oxygen atoms in total. The molecule has 0 bridgehead atoms. The number of aromatic hydroxyl groups is 1. The molecule has 0 aliphatic carbocycles. The number of hydrogen-bond donors (Lipinski definition) is 4. The van der Waals surface area contributed by atoms with Crippen LogP contribution in [0.5, 0.6) is 5.75 Å². The van der Waals surface area contributed by atoms with Gasteiger partial charge < -0.3 is 26.2 Å². The van der Waals surface area contributed by atoms with E-state index in [2.05, 4.69) is 10.6 Å². The minimum Gasteiger partial charge on any atom is -0.508 e. The number of thiocarbonyl (C=S) groups is 1. The Morgan fingerprint density at radius 1 is 1.52 bits per heavy atom. The lowest BCUT2D eigenvalue weighted by Gasteiger charge is -2.30. The number of nitrogens with two attached hydrogens (primary N) is 1. The molecule has 1 aliphatic heterocycles. The Morgan fingerprint density at radius 2 is 2.29 bits per heavy atom. The zero-order valence-corrected chi connectivity index (χ0v) is 12.4. The minimum atomic E-state index is -0.511. The molecule has 0 radical (unpaired) electrons. The van der Waals surface area contributed by atoms with Crippen LogP contribution in [0.25, 0.3) is 0 Å². The van der Waals surface area contributed by atoms with Gasteiger partial charge in [-0.25, -0.2) is 4.79 Å². The van der Waals surface area contributed by atoms with Crippen molar-refractivity contribution in [3.8, 4) is 5.75 Å². The lowest BCUT2D eigenvalue weighted by molar-refractivity contribution is -0.139. The molecule has 1 aliphatic rings. The summed E-state index contributed by atoms with van der Waals surface area (Å²) in [6.45, 7) is 2.13. The number of benzene rings is 1. The molecule has 2 rings (SSSR count). The van der Waals surface area contributed by atoms with Gasteiger partial charge in [0.05, 0.1) is 18.2 Å². The van der Waals surface area contributed by atoms with Crippen LogP contribution in [0.15, 0.2) is 35.5 Å². The molecule has 112 valence electrons. The molecule has 1 aromatic carbocycles. The maximum absolute atomic E-state index is 12.2. The van der Waals surface area contributed by atoms with Gasteiger partial charge in [-0.1, -0.05) is 12.1 Å². The first-order chi connectivity index (χ1) is 10.1. The lowest BCUT2D eigenvalue weighted by atomic mass is 9.95. The SMILES string of the molecule is CCOC(=O)C1=C(CN)NC(=S)NC1c1cccc(O)c1. The Labute approximate surface area is 128 Å². The van der Waals surface area contributed by atoms with Crippen LogP contribution in [0.1, 0.15) is 18.5 Å². The van der Waals surface area contributed by atoms with Gasteiger partial charge in [0.15, 0.2) is 5.11 Å². The normalized spacial score (nSPS) is 18.0. The van der Waals surface area contributed by atoms with E-state index in [-0.39, 0.29) is 18.9 Å². The smallest absolute Gasteiger partial charge is 0.338 e. The van der Waals surface area contributed by atoms with Gasteiger partial charge in [0, 0.05) is 12.2 Å². The van der Waals surface area contributed by atoms with Crippen molar-refractivity contribution in [2.45, 2.75) is 13.0 Å². The molecular formula is C14H17N3O3S. The summed E-state index contributed by atoms with van der Waals surface area (Å²) in [5.41, 5.74) is 7.29. The minimum absolute atomic E-state index is 0.108. The highest BCUT2D eigenvalue weighted by Crippen LogP contribution is 2.29. The van der Waals surface area contributed by atoms with Crippen LogP contribution in [0.4, 0.5) is 0 Å². The predicted octanol–water partition coefficient (Wildman–Crippen LogP) is 0.687. The van der Waals surface area contributed by atoms with Gasteiger partial charge >= 0.3 is 5.97 Å². The number of nitrogens with one attached hydrogen (secondary N) is 2. The molecule has 0 amide bonds. The number of phenols is 1. The first kappa shape index (κ1) is 15.3. The highest BCUT2D eigenvalue weighted by atomic mass is 32.1. The molecule has 0 spiro atoms. The van der Waals surface area contributed by atoms with Crippen LogP contribution in [0.2, 0.25) is 0 Å². The number of rotatable bonds is 4. The summed E-state index contributed by atoms with van der Waals surface area (Å²) in [6.07, 6.45) is 0. The van der Waals surface area contributed by atoms with Crippen molar-refractivity contribution in [1.82, 2.24) is 10.6 Å². The first-order valence-corrected chi connectivity index (χ1v) is 6.94. The maximum atomic E-state index is 12.2. The molecule has 0 saturated carbocycles. The fraction of sp³-hybridized carbons (Fsp3) is 0.286. The van der Waals surface area contributed by atoms with E-state index in [1.165, 1.54) is 0 Å². The maximum Gasteiger partial charge on any atom is 0.338 e. The van der Waals surface area contributed by atoms with Crippen LogP contribution >= 0.6 is 12.2 Å². The molecule has 21 heavy (non-hydrogen) atoms. The van der Waals surface area contributed by atoms with E-state index in [4.69, 9.17) is 22.7 Å². The van der Waals surface area contributed by atoms with Gasteiger partial charge in [0.1, 0.15) is 5.75 Å². The molecule has 1 atom stereocenters. The summed E-state index contributed by atoms with van der Waals surface area (Å²) in [4.78, 5) is 12.2. The second kappa shape index (κ2) is 6.55. The summed E-state index contributed by atoms with van der Waals surface area (Å²) in [5.74, 6) is -0.356. The quantitative estimate of drug-likeness (QED) is 0.480. The van der Waals surface area contributed by atoms with Crippen molar-refractivity contribution in [2.75, 3.05) is 13.2 Å². The number of carbonyl (C=O) groups is 1. The number of esters is 1. The van der Waals surface area contributed by atoms with E-state index < -0.39 is 12.0 Å². The van der Waals surface area contributed by atoms with E-state index in [9.17, 15) is 9.90 Å². The molecule has 0 fully saturated rings. The van der Waals surface area contributed by atoms with Crippen molar-refractivity contribution in [1.29, 1.82) is 0 Å². The summed E-state index contributed by atoms with van der Waals surface area (Å²) in [7, 11) is 0. The van der Waals surface area contributed by atoms with Crippen molar-refractivity contribution >= 4 is 23.3 Å². The fourth-order valence-corrected chi connectivity index (χ4v) is 2.42. The molecule has 5 N–H and O–H groups in total. The van der Waals surface area contributed by atoms with Gasteiger partial charge in [0.25, 0.3) is 0 Å². The van der Waals surface area contributed by atoms with Crippen LogP contribution in [-0.2, 0) is 9.53 Å². The molecule has 0 aromatic heterocycles. The predicted molar refractivity (Wildman–Crippen MR) is 82.4 cm³/mol. The Kier molecular flexibility index (Phi) is 4.77. The monoisotopic (exact) mass is 307 g/mol. The van der Waals surface area contributed by atoms with Crippen molar-refractivity contribution in [3.63, 3.8) is 0 Å². The fourth-order valence-electron chi connectivity index (χ4n) is 2.18. The van der Waals surface area contributed by atoms with Crippen LogP contribution in [0.3, 0.4) is 0 Å².